The number of halogens is 1. The predicted molar refractivity (Wildman–Crippen MR) is 129 cm³/mol. The first-order chi connectivity index (χ1) is 16.2. The maximum absolute atomic E-state index is 12.5. The van der Waals surface area contributed by atoms with E-state index in [2.05, 4.69) is 41.7 Å². The Kier molecular flexibility index (Phi) is 6.70. The minimum absolute atomic E-state index is 0.152. The standard InChI is InChI=1S/C20H19BrN8O4S/c1-27-16-15(18(32)28(2)20(27)33)29(10-23-16)9-13(30)24-19-26-25-14(34-19)6-7-22-17(31)11-4-3-5-12(21)8-11/h3-5,8,10H,6-7,9H2,1-2H3,(H,22,31)(H,24,26,30). The van der Waals surface area contributed by atoms with Gasteiger partial charge in [-0.1, -0.05) is 33.3 Å². The summed E-state index contributed by atoms with van der Waals surface area (Å²) in [5.41, 5.74) is -0.141. The van der Waals surface area contributed by atoms with Crippen LogP contribution in [0.1, 0.15) is 15.4 Å². The number of fused-ring (bicyclic) bond motifs is 1. The number of aromatic nitrogens is 6. The van der Waals surface area contributed by atoms with Crippen molar-refractivity contribution >= 4 is 55.4 Å². The van der Waals surface area contributed by atoms with E-state index in [1.165, 1.54) is 40.9 Å². The van der Waals surface area contributed by atoms with Crippen molar-refractivity contribution in [1.82, 2.24) is 34.2 Å². The molecular formula is C20H19BrN8O4S. The van der Waals surface area contributed by atoms with Crippen LogP contribution in [0.2, 0.25) is 0 Å². The van der Waals surface area contributed by atoms with Crippen LogP contribution in [0.3, 0.4) is 0 Å². The van der Waals surface area contributed by atoms with Crippen LogP contribution in [0, 0.1) is 0 Å². The van der Waals surface area contributed by atoms with Crippen LogP contribution in [0.5, 0.6) is 0 Å². The third kappa shape index (κ3) is 4.82. The molecule has 0 bridgehead atoms. The number of hydrogen-bond acceptors (Lipinski definition) is 8. The summed E-state index contributed by atoms with van der Waals surface area (Å²) in [6.07, 6.45) is 1.79. The Bertz CT molecular complexity index is 1520. The van der Waals surface area contributed by atoms with Crippen molar-refractivity contribution in [2.24, 2.45) is 14.1 Å². The van der Waals surface area contributed by atoms with Gasteiger partial charge in [-0.2, -0.15) is 0 Å². The molecule has 1 aromatic carbocycles. The third-order valence-corrected chi connectivity index (χ3v) is 6.35. The fraction of sp³-hybridized carbons (Fsp3) is 0.250. The largest absolute Gasteiger partial charge is 0.352 e. The highest BCUT2D eigenvalue weighted by atomic mass is 79.9. The predicted octanol–water partition coefficient (Wildman–Crippen LogP) is 0.659. The lowest BCUT2D eigenvalue weighted by Crippen LogP contribution is -2.37. The molecule has 0 aliphatic rings. The normalized spacial score (nSPS) is 11.0. The van der Waals surface area contributed by atoms with E-state index in [0.717, 1.165) is 9.04 Å². The Hall–Kier alpha value is -3.65. The maximum atomic E-state index is 12.5. The number of aryl methyl sites for hydroxylation is 1. The smallest absolute Gasteiger partial charge is 0.332 e. The zero-order valence-corrected chi connectivity index (χ0v) is 20.5. The summed E-state index contributed by atoms with van der Waals surface area (Å²) in [6, 6.07) is 7.07. The minimum atomic E-state index is -0.536. The summed E-state index contributed by atoms with van der Waals surface area (Å²) in [5, 5.41) is 14.4. The molecule has 3 aromatic heterocycles. The fourth-order valence-corrected chi connectivity index (χ4v) is 4.40. The van der Waals surface area contributed by atoms with Gasteiger partial charge < -0.3 is 9.88 Å². The Balaban J connectivity index is 1.35. The number of nitrogens with zero attached hydrogens (tertiary/aromatic N) is 6. The Morgan fingerprint density at radius 2 is 1.94 bits per heavy atom. The molecular weight excluding hydrogens is 528 g/mol. The first kappa shape index (κ1) is 23.5. The van der Waals surface area contributed by atoms with E-state index in [1.807, 2.05) is 6.07 Å². The van der Waals surface area contributed by atoms with Crippen LogP contribution in [-0.2, 0) is 31.9 Å². The van der Waals surface area contributed by atoms with E-state index in [4.69, 9.17) is 0 Å². The highest BCUT2D eigenvalue weighted by molar-refractivity contribution is 9.10. The molecule has 0 aliphatic heterocycles. The summed E-state index contributed by atoms with van der Waals surface area (Å²) in [5.74, 6) is -0.628. The second-order valence-corrected chi connectivity index (χ2v) is 9.29. The van der Waals surface area contributed by atoms with Gasteiger partial charge in [-0.25, -0.2) is 9.78 Å². The summed E-state index contributed by atoms with van der Waals surface area (Å²) < 4.78 is 4.41. The van der Waals surface area contributed by atoms with Crippen molar-refractivity contribution in [1.29, 1.82) is 0 Å². The Morgan fingerprint density at radius 3 is 2.71 bits per heavy atom. The second-order valence-electron chi connectivity index (χ2n) is 7.32. The van der Waals surface area contributed by atoms with Crippen molar-refractivity contribution in [3.8, 4) is 0 Å². The first-order valence-electron chi connectivity index (χ1n) is 10.0. The number of benzene rings is 1. The number of rotatable bonds is 7. The summed E-state index contributed by atoms with van der Waals surface area (Å²) in [4.78, 5) is 53.3. The van der Waals surface area contributed by atoms with Crippen molar-refractivity contribution in [3.63, 3.8) is 0 Å². The summed E-state index contributed by atoms with van der Waals surface area (Å²) in [6.45, 7) is 0.165. The van der Waals surface area contributed by atoms with E-state index in [-0.39, 0.29) is 23.6 Å². The lowest BCUT2D eigenvalue weighted by atomic mass is 10.2. The van der Waals surface area contributed by atoms with E-state index in [0.29, 0.717) is 28.7 Å². The van der Waals surface area contributed by atoms with Crippen LogP contribution < -0.4 is 21.9 Å². The third-order valence-electron chi connectivity index (χ3n) is 4.96. The average molecular weight is 547 g/mol. The zero-order chi connectivity index (χ0) is 24.4. The number of nitrogens with one attached hydrogen (secondary N) is 2. The number of amides is 2. The van der Waals surface area contributed by atoms with Crippen LogP contribution in [0.25, 0.3) is 11.2 Å². The highest BCUT2D eigenvalue weighted by Crippen LogP contribution is 2.16. The van der Waals surface area contributed by atoms with Gasteiger partial charge in [0.1, 0.15) is 11.6 Å². The molecule has 176 valence electrons. The van der Waals surface area contributed by atoms with Gasteiger partial charge in [-0.15, -0.1) is 10.2 Å². The summed E-state index contributed by atoms with van der Waals surface area (Å²) >= 11 is 4.52. The van der Waals surface area contributed by atoms with Gasteiger partial charge in [0.15, 0.2) is 11.2 Å². The molecule has 12 nitrogen and oxygen atoms in total. The van der Waals surface area contributed by atoms with E-state index in [1.54, 1.807) is 18.2 Å². The number of hydrogen-bond donors (Lipinski definition) is 2. The van der Waals surface area contributed by atoms with Crippen LogP contribution in [0.4, 0.5) is 5.13 Å². The molecule has 2 amide bonds. The van der Waals surface area contributed by atoms with Gasteiger partial charge in [-0.3, -0.25) is 28.8 Å². The van der Waals surface area contributed by atoms with Gasteiger partial charge in [0.25, 0.3) is 11.5 Å². The van der Waals surface area contributed by atoms with Crippen LogP contribution in [0.15, 0.2) is 44.7 Å². The lowest BCUT2D eigenvalue weighted by molar-refractivity contribution is -0.116. The van der Waals surface area contributed by atoms with Gasteiger partial charge in [0.2, 0.25) is 11.0 Å². The van der Waals surface area contributed by atoms with Gasteiger partial charge in [0, 0.05) is 37.1 Å². The van der Waals surface area contributed by atoms with Crippen LogP contribution >= 0.6 is 27.3 Å². The Labute approximate surface area is 204 Å². The summed E-state index contributed by atoms with van der Waals surface area (Å²) in [7, 11) is 2.87. The molecule has 0 saturated carbocycles. The van der Waals surface area contributed by atoms with Crippen molar-refractivity contribution in [2.45, 2.75) is 13.0 Å². The Morgan fingerprint density at radius 1 is 1.15 bits per heavy atom. The maximum Gasteiger partial charge on any atom is 0.332 e. The molecule has 2 N–H and O–H groups in total. The van der Waals surface area contributed by atoms with Gasteiger partial charge in [0.05, 0.1) is 6.33 Å². The second kappa shape index (κ2) is 9.69. The molecule has 34 heavy (non-hydrogen) atoms. The molecule has 4 aromatic rings. The minimum Gasteiger partial charge on any atom is -0.352 e. The number of anilines is 1. The molecule has 0 spiro atoms. The molecule has 4 rings (SSSR count). The van der Waals surface area contributed by atoms with Crippen molar-refractivity contribution < 1.29 is 9.59 Å². The van der Waals surface area contributed by atoms with E-state index >= 15 is 0 Å². The molecule has 0 fully saturated rings. The molecule has 0 unspecified atom stereocenters. The molecule has 0 aliphatic carbocycles. The molecule has 0 atom stereocenters. The molecule has 3 heterocycles. The molecule has 0 saturated heterocycles. The first-order valence-corrected chi connectivity index (χ1v) is 11.6. The quantitative estimate of drug-likeness (QED) is 0.346. The van der Waals surface area contributed by atoms with Crippen molar-refractivity contribution in [3.05, 3.63) is 66.5 Å². The number of carbonyl (C=O) groups is 2. The highest BCUT2D eigenvalue weighted by Gasteiger charge is 2.17. The topological polar surface area (TPSA) is 146 Å². The average Bonchev–Trinajstić information content (AvgIpc) is 3.43. The zero-order valence-electron chi connectivity index (χ0n) is 18.1. The fourth-order valence-electron chi connectivity index (χ4n) is 3.25. The van der Waals surface area contributed by atoms with E-state index < -0.39 is 17.2 Å². The molecule has 0 radical (unpaired) electrons. The lowest BCUT2D eigenvalue weighted by Gasteiger charge is -2.06. The van der Waals surface area contributed by atoms with Crippen molar-refractivity contribution in [2.75, 3.05) is 11.9 Å². The van der Waals surface area contributed by atoms with Gasteiger partial charge in [-0.05, 0) is 18.2 Å². The number of carbonyl (C=O) groups excluding carboxylic acids is 2. The number of imidazole rings is 1. The monoisotopic (exact) mass is 546 g/mol. The SMILES string of the molecule is Cn1c(=O)c2c(ncn2CC(=O)Nc2nnc(CCNC(=O)c3cccc(Br)c3)s2)n(C)c1=O. The van der Waals surface area contributed by atoms with Gasteiger partial charge >= 0.3 is 5.69 Å². The molecule has 14 heteroatoms. The van der Waals surface area contributed by atoms with E-state index in [9.17, 15) is 19.2 Å². The van der Waals surface area contributed by atoms with Crippen LogP contribution in [-0.4, -0.2) is 47.2 Å².